The number of aromatic nitrogens is 6. The van der Waals surface area contributed by atoms with Crippen molar-refractivity contribution in [1.82, 2.24) is 19.8 Å². The summed E-state index contributed by atoms with van der Waals surface area (Å²) in [7, 11) is 3.97. The number of fused-ring (bicyclic) bond motifs is 2. The largest absolute Gasteiger partial charge is 0.168 e. The molecule has 0 saturated carbocycles. The molecule has 0 aromatic carbocycles. The van der Waals surface area contributed by atoms with Gasteiger partial charge >= 0.3 is 0 Å². The van der Waals surface area contributed by atoms with E-state index in [9.17, 15) is 0 Å². The van der Waals surface area contributed by atoms with Gasteiger partial charge in [-0.2, -0.15) is 0 Å². The zero-order valence-electron chi connectivity index (χ0n) is 10.2. The maximum atomic E-state index is 4.47. The lowest BCUT2D eigenvalue weighted by molar-refractivity contribution is -0.733. The molecule has 0 aliphatic carbocycles. The SMILES string of the molecule is C[n+]1cc2n(n1)CC1(C2)Cc2c[n+](C)nn2C1. The summed E-state index contributed by atoms with van der Waals surface area (Å²) in [5.41, 5.74) is 3.03. The minimum absolute atomic E-state index is 0.327. The molecule has 17 heavy (non-hydrogen) atoms. The topological polar surface area (TPSA) is 43.4 Å². The molecule has 0 atom stereocenters. The minimum atomic E-state index is 0.327. The number of hydrogen-bond donors (Lipinski definition) is 0. The second-order valence-electron chi connectivity index (χ2n) is 5.54. The third kappa shape index (κ3) is 1.20. The van der Waals surface area contributed by atoms with Gasteiger partial charge in [0.15, 0.2) is 23.8 Å². The van der Waals surface area contributed by atoms with Crippen molar-refractivity contribution in [3.63, 3.8) is 0 Å². The van der Waals surface area contributed by atoms with Crippen LogP contribution in [0.25, 0.3) is 0 Å². The molecule has 0 bridgehead atoms. The van der Waals surface area contributed by atoms with E-state index in [4.69, 9.17) is 0 Å². The molecular formula is C11H16N6+2. The Morgan fingerprint density at radius 1 is 1.00 bits per heavy atom. The number of nitrogens with zero attached hydrogens (tertiary/aromatic N) is 6. The van der Waals surface area contributed by atoms with Gasteiger partial charge in [0.25, 0.3) is 0 Å². The summed E-state index contributed by atoms with van der Waals surface area (Å²) >= 11 is 0. The van der Waals surface area contributed by atoms with Crippen LogP contribution in [0, 0.1) is 5.41 Å². The zero-order valence-corrected chi connectivity index (χ0v) is 10.2. The fourth-order valence-electron chi connectivity index (χ4n) is 3.35. The fraction of sp³-hybridized carbons (Fsp3) is 0.636. The van der Waals surface area contributed by atoms with E-state index in [1.165, 1.54) is 11.4 Å². The second kappa shape index (κ2) is 2.75. The Bertz CT molecular complexity index is 503. The third-order valence-electron chi connectivity index (χ3n) is 3.92. The standard InChI is InChI=1S/C11H16N6/c1-14-5-9-3-11(7-16(9)12-14)4-10-6-15(2)13-17(10)8-11/h5-6H,3-4,7-8H2,1-2H3/q+2. The van der Waals surface area contributed by atoms with Gasteiger partial charge in [-0.05, 0) is 0 Å². The van der Waals surface area contributed by atoms with Crippen LogP contribution >= 0.6 is 0 Å². The lowest BCUT2D eigenvalue weighted by Crippen LogP contribution is -2.35. The molecule has 0 amide bonds. The van der Waals surface area contributed by atoms with Gasteiger partial charge in [-0.25, -0.2) is 0 Å². The summed E-state index contributed by atoms with van der Waals surface area (Å²) < 4.78 is 8.09. The van der Waals surface area contributed by atoms with Crippen molar-refractivity contribution < 1.29 is 9.36 Å². The Morgan fingerprint density at radius 2 is 1.47 bits per heavy atom. The van der Waals surface area contributed by atoms with E-state index in [1.807, 2.05) is 23.5 Å². The van der Waals surface area contributed by atoms with Crippen LogP contribution in [-0.4, -0.2) is 19.8 Å². The summed E-state index contributed by atoms with van der Waals surface area (Å²) in [5.74, 6) is 0. The van der Waals surface area contributed by atoms with Crippen LogP contribution in [0.5, 0.6) is 0 Å². The molecule has 2 aliphatic heterocycles. The van der Waals surface area contributed by atoms with Crippen LogP contribution in [0.4, 0.5) is 0 Å². The first-order valence-electron chi connectivity index (χ1n) is 5.99. The van der Waals surface area contributed by atoms with Crippen molar-refractivity contribution in [2.24, 2.45) is 19.5 Å². The maximum absolute atomic E-state index is 4.47. The molecule has 0 radical (unpaired) electrons. The number of rotatable bonds is 0. The molecule has 0 saturated heterocycles. The highest BCUT2D eigenvalue weighted by Gasteiger charge is 2.51. The van der Waals surface area contributed by atoms with Crippen LogP contribution in [0.15, 0.2) is 12.4 Å². The van der Waals surface area contributed by atoms with Gasteiger partial charge in [0.05, 0.1) is 15.8 Å². The third-order valence-corrected chi connectivity index (χ3v) is 3.92. The highest BCUT2D eigenvalue weighted by molar-refractivity contribution is 5.13. The molecule has 0 N–H and O–H groups in total. The molecule has 4 heterocycles. The quantitative estimate of drug-likeness (QED) is 0.520. The lowest BCUT2D eigenvalue weighted by atomic mass is 9.84. The normalized spacial score (nSPS) is 19.9. The van der Waals surface area contributed by atoms with E-state index in [-0.39, 0.29) is 0 Å². The summed E-state index contributed by atoms with van der Waals surface area (Å²) in [4.78, 5) is 0. The predicted octanol–water partition coefficient (Wildman–Crippen LogP) is -1.47. The smallest absolute Gasteiger partial charge is 0.140 e. The summed E-state index contributed by atoms with van der Waals surface area (Å²) in [6.07, 6.45) is 6.51. The monoisotopic (exact) mass is 232 g/mol. The highest BCUT2D eigenvalue weighted by atomic mass is 15.5. The minimum Gasteiger partial charge on any atom is -0.140 e. The molecular weight excluding hydrogens is 216 g/mol. The molecule has 6 heteroatoms. The van der Waals surface area contributed by atoms with Crippen LogP contribution in [0.3, 0.4) is 0 Å². The van der Waals surface area contributed by atoms with Crippen molar-refractivity contribution in [3.8, 4) is 0 Å². The molecule has 2 aromatic rings. The molecule has 0 fully saturated rings. The van der Waals surface area contributed by atoms with E-state index < -0.39 is 0 Å². The van der Waals surface area contributed by atoms with Gasteiger partial charge < -0.3 is 0 Å². The Balaban J connectivity index is 1.67. The average Bonchev–Trinajstić information content (AvgIpc) is 2.85. The Labute approximate surface area is 99.0 Å². The highest BCUT2D eigenvalue weighted by Crippen LogP contribution is 2.40. The van der Waals surface area contributed by atoms with Gasteiger partial charge in [0, 0.05) is 12.8 Å². The second-order valence-corrected chi connectivity index (χ2v) is 5.54. The average molecular weight is 232 g/mol. The van der Waals surface area contributed by atoms with E-state index in [2.05, 4.69) is 32.2 Å². The first-order valence-corrected chi connectivity index (χ1v) is 5.99. The fourth-order valence-corrected chi connectivity index (χ4v) is 3.35. The van der Waals surface area contributed by atoms with Gasteiger partial charge in [0.2, 0.25) is 0 Å². The van der Waals surface area contributed by atoms with Gasteiger partial charge in [0.1, 0.15) is 27.2 Å². The molecule has 4 rings (SSSR count). The van der Waals surface area contributed by atoms with Gasteiger partial charge in [-0.1, -0.05) is 0 Å². The molecule has 2 aromatic heterocycles. The number of hydrogen-bond acceptors (Lipinski definition) is 2. The van der Waals surface area contributed by atoms with E-state index >= 15 is 0 Å². The van der Waals surface area contributed by atoms with Crippen LogP contribution in [0.2, 0.25) is 0 Å². The molecule has 0 unspecified atom stereocenters. The van der Waals surface area contributed by atoms with E-state index in [0.29, 0.717) is 5.41 Å². The van der Waals surface area contributed by atoms with Crippen LogP contribution in [0.1, 0.15) is 11.4 Å². The molecule has 2 aliphatic rings. The van der Waals surface area contributed by atoms with Crippen molar-refractivity contribution in [2.45, 2.75) is 25.9 Å². The maximum Gasteiger partial charge on any atom is 0.168 e. The van der Waals surface area contributed by atoms with Crippen molar-refractivity contribution >= 4 is 0 Å². The first-order chi connectivity index (χ1) is 8.13. The molecule has 88 valence electrons. The van der Waals surface area contributed by atoms with E-state index in [0.717, 1.165) is 25.9 Å². The van der Waals surface area contributed by atoms with E-state index in [1.54, 1.807) is 0 Å². The molecule has 6 nitrogen and oxygen atoms in total. The Kier molecular flexibility index (Phi) is 1.51. The summed E-state index contributed by atoms with van der Waals surface area (Å²) in [6.45, 7) is 2.05. The van der Waals surface area contributed by atoms with Gasteiger partial charge in [-0.15, -0.1) is 18.7 Å². The van der Waals surface area contributed by atoms with Crippen LogP contribution < -0.4 is 9.36 Å². The van der Waals surface area contributed by atoms with Crippen LogP contribution in [-0.2, 0) is 40.0 Å². The first kappa shape index (κ1) is 9.32. The van der Waals surface area contributed by atoms with Crippen molar-refractivity contribution in [2.75, 3.05) is 0 Å². The molecule has 1 spiro atoms. The van der Waals surface area contributed by atoms with Crippen molar-refractivity contribution in [1.29, 1.82) is 0 Å². The zero-order chi connectivity index (χ0) is 11.6. The summed E-state index contributed by atoms with van der Waals surface area (Å²) in [5, 5.41) is 8.95. The van der Waals surface area contributed by atoms with Gasteiger partial charge in [-0.3, -0.25) is 0 Å². The summed E-state index contributed by atoms with van der Waals surface area (Å²) in [6, 6.07) is 0. The number of aryl methyl sites for hydroxylation is 2. The lowest BCUT2D eigenvalue weighted by Gasteiger charge is -2.14. The Hall–Kier alpha value is -1.72. The van der Waals surface area contributed by atoms with Crippen molar-refractivity contribution in [3.05, 3.63) is 23.8 Å². The predicted molar refractivity (Wildman–Crippen MR) is 56.6 cm³/mol. The Morgan fingerprint density at radius 3 is 1.88 bits per heavy atom.